The highest BCUT2D eigenvalue weighted by Crippen LogP contribution is 2.25. The van der Waals surface area contributed by atoms with Crippen molar-refractivity contribution in [3.8, 4) is 0 Å². The van der Waals surface area contributed by atoms with Crippen molar-refractivity contribution in [2.75, 3.05) is 13.2 Å². The molecular weight excluding hydrogens is 280 g/mol. The molecule has 0 N–H and O–H groups in total. The molecule has 0 saturated heterocycles. The number of rotatable bonds is 2. The molecule has 8 heteroatoms. The van der Waals surface area contributed by atoms with Crippen molar-refractivity contribution in [1.82, 2.24) is 14.5 Å². The van der Waals surface area contributed by atoms with E-state index in [0.717, 1.165) is 27.8 Å². The molecule has 1 aromatic carbocycles. The van der Waals surface area contributed by atoms with Crippen LogP contribution in [-0.2, 0) is 6.54 Å². The predicted molar refractivity (Wildman–Crippen MR) is 79.4 cm³/mol. The molecule has 0 spiro atoms. The summed E-state index contributed by atoms with van der Waals surface area (Å²) in [5, 5.41) is 12.7. The Bertz CT molecular complexity index is 1110. The first kappa shape index (κ1) is 11.6. The van der Waals surface area contributed by atoms with Crippen molar-refractivity contribution in [1.29, 1.82) is 0 Å². The van der Waals surface area contributed by atoms with Gasteiger partial charge in [-0.25, -0.2) is 20.0 Å². The zero-order chi connectivity index (χ0) is 14.5. The maximum absolute atomic E-state index is 4.66. The number of hydrogen-bond acceptors (Lipinski definition) is 7. The molecule has 2 aliphatic rings. The van der Waals surface area contributed by atoms with Crippen LogP contribution in [0.3, 0.4) is 0 Å². The number of aromatic nitrogens is 3. The quantitative estimate of drug-likeness (QED) is 0.692. The van der Waals surface area contributed by atoms with Crippen molar-refractivity contribution in [3.05, 3.63) is 35.2 Å². The van der Waals surface area contributed by atoms with Gasteiger partial charge in [0.2, 0.25) is 0 Å². The van der Waals surface area contributed by atoms with E-state index < -0.39 is 0 Å². The standard InChI is InChI=1S/C14H10N8/c1-2-4-10-9(3-1)11-14(19-13-12(18-11)15-7-16-13)22(10)6-8-5-17-21-20-8/h1-4H,5-7H2. The Morgan fingerprint density at radius 1 is 1.05 bits per heavy atom. The van der Waals surface area contributed by atoms with E-state index in [9.17, 15) is 0 Å². The van der Waals surface area contributed by atoms with Crippen LogP contribution in [0.25, 0.3) is 22.1 Å². The van der Waals surface area contributed by atoms with Crippen LogP contribution in [0.2, 0.25) is 0 Å². The third-order valence-corrected chi connectivity index (χ3v) is 3.83. The van der Waals surface area contributed by atoms with Gasteiger partial charge in [-0.2, -0.15) is 5.11 Å². The Morgan fingerprint density at radius 3 is 2.77 bits per heavy atom. The summed E-state index contributed by atoms with van der Waals surface area (Å²) < 4.78 is 2.10. The lowest BCUT2D eigenvalue weighted by Gasteiger charge is -2.04. The molecule has 2 aromatic heterocycles. The van der Waals surface area contributed by atoms with Crippen molar-refractivity contribution in [3.63, 3.8) is 0 Å². The highest BCUT2D eigenvalue weighted by atomic mass is 15.4. The van der Waals surface area contributed by atoms with Crippen LogP contribution >= 0.6 is 0 Å². The molecule has 5 rings (SSSR count). The normalized spacial score (nSPS) is 15.9. The Hall–Kier alpha value is -3.03. The number of nitrogens with zero attached hydrogens (tertiary/aromatic N) is 8. The fraction of sp³-hybridized carbons (Fsp3) is 0.214. The second-order valence-corrected chi connectivity index (χ2v) is 5.16. The highest BCUT2D eigenvalue weighted by molar-refractivity contribution is 6.05. The summed E-state index contributed by atoms with van der Waals surface area (Å²) in [5.74, 6) is 0. The molecule has 0 fully saturated rings. The van der Waals surface area contributed by atoms with E-state index in [1.807, 2.05) is 18.2 Å². The average Bonchev–Trinajstić information content (AvgIpc) is 3.27. The van der Waals surface area contributed by atoms with Crippen molar-refractivity contribution >= 4 is 27.8 Å². The van der Waals surface area contributed by atoms with Gasteiger partial charge >= 0.3 is 0 Å². The summed E-state index contributed by atoms with van der Waals surface area (Å²) in [6, 6.07) is 8.11. The van der Waals surface area contributed by atoms with Crippen LogP contribution in [0, 0.1) is 0 Å². The van der Waals surface area contributed by atoms with Gasteiger partial charge in [0.05, 0.1) is 17.8 Å². The molecule has 2 aliphatic heterocycles. The third-order valence-electron chi connectivity index (χ3n) is 3.83. The van der Waals surface area contributed by atoms with E-state index in [1.54, 1.807) is 0 Å². The van der Waals surface area contributed by atoms with Gasteiger partial charge in [-0.15, -0.1) is 5.10 Å². The van der Waals surface area contributed by atoms with Crippen molar-refractivity contribution in [2.45, 2.75) is 6.54 Å². The van der Waals surface area contributed by atoms with Crippen LogP contribution in [0.5, 0.6) is 0 Å². The molecular formula is C14H10N8. The highest BCUT2D eigenvalue weighted by Gasteiger charge is 2.17. The Morgan fingerprint density at radius 2 is 1.91 bits per heavy atom. The molecule has 0 bridgehead atoms. The zero-order valence-electron chi connectivity index (χ0n) is 11.5. The Balaban J connectivity index is 1.87. The van der Waals surface area contributed by atoms with Gasteiger partial charge in [0.25, 0.3) is 0 Å². The van der Waals surface area contributed by atoms with Gasteiger partial charge in [0.1, 0.15) is 18.7 Å². The van der Waals surface area contributed by atoms with Crippen LogP contribution < -0.4 is 11.0 Å². The van der Waals surface area contributed by atoms with Gasteiger partial charge < -0.3 is 4.57 Å². The van der Waals surface area contributed by atoms with E-state index in [-0.39, 0.29) is 0 Å². The Kier molecular flexibility index (Phi) is 2.23. The topological polar surface area (TPSA) is 92.5 Å². The fourth-order valence-electron chi connectivity index (χ4n) is 2.85. The predicted octanol–water partition coefficient (Wildman–Crippen LogP) is 0.617. The first-order valence-electron chi connectivity index (χ1n) is 6.96. The van der Waals surface area contributed by atoms with E-state index in [4.69, 9.17) is 0 Å². The largest absolute Gasteiger partial charge is 0.318 e. The smallest absolute Gasteiger partial charge is 0.196 e. The lowest BCUT2D eigenvalue weighted by atomic mass is 10.2. The second kappa shape index (κ2) is 4.23. The van der Waals surface area contributed by atoms with E-state index in [2.05, 4.69) is 46.0 Å². The molecule has 3 aromatic rings. The molecule has 106 valence electrons. The third kappa shape index (κ3) is 1.54. The minimum Gasteiger partial charge on any atom is -0.318 e. The SMILES string of the molecule is c1ccc2c(c1)c1nc3c(nc1n2CC1=NN=NC1)=NCN=3. The lowest BCUT2D eigenvalue weighted by Crippen LogP contribution is -2.29. The second-order valence-electron chi connectivity index (χ2n) is 5.16. The number of hydrogen-bond donors (Lipinski definition) is 0. The lowest BCUT2D eigenvalue weighted by molar-refractivity contribution is 0.896. The monoisotopic (exact) mass is 290 g/mol. The number of benzene rings is 1. The van der Waals surface area contributed by atoms with E-state index in [0.29, 0.717) is 30.7 Å². The molecule has 0 radical (unpaired) electrons. The fourth-order valence-corrected chi connectivity index (χ4v) is 2.85. The molecule has 8 nitrogen and oxygen atoms in total. The minimum absolute atomic E-state index is 0.407. The van der Waals surface area contributed by atoms with Crippen molar-refractivity contribution < 1.29 is 0 Å². The Labute approximate surface area is 123 Å². The summed E-state index contributed by atoms with van der Waals surface area (Å²) in [7, 11) is 0. The van der Waals surface area contributed by atoms with Gasteiger partial charge in [0.15, 0.2) is 16.6 Å². The molecule has 0 atom stereocenters. The summed E-state index contributed by atoms with van der Waals surface area (Å²) in [4.78, 5) is 17.8. The van der Waals surface area contributed by atoms with Crippen LogP contribution in [0.1, 0.15) is 0 Å². The van der Waals surface area contributed by atoms with Gasteiger partial charge in [-0.1, -0.05) is 18.2 Å². The zero-order valence-corrected chi connectivity index (χ0v) is 11.5. The van der Waals surface area contributed by atoms with E-state index in [1.165, 1.54) is 0 Å². The molecule has 4 heterocycles. The van der Waals surface area contributed by atoms with E-state index >= 15 is 0 Å². The van der Waals surface area contributed by atoms with Crippen LogP contribution in [-0.4, -0.2) is 33.5 Å². The number of para-hydroxylation sites is 1. The van der Waals surface area contributed by atoms with Crippen molar-refractivity contribution in [2.24, 2.45) is 25.4 Å². The molecule has 22 heavy (non-hydrogen) atoms. The van der Waals surface area contributed by atoms with Crippen LogP contribution in [0.4, 0.5) is 0 Å². The molecule has 0 saturated carbocycles. The summed E-state index contributed by atoms with van der Waals surface area (Å²) in [5.41, 5.74) is 4.86. The van der Waals surface area contributed by atoms with Gasteiger partial charge in [-0.05, 0) is 11.3 Å². The summed E-state index contributed by atoms with van der Waals surface area (Å²) >= 11 is 0. The van der Waals surface area contributed by atoms with Gasteiger partial charge in [0, 0.05) is 5.39 Å². The van der Waals surface area contributed by atoms with Crippen LogP contribution in [0.15, 0.2) is 49.7 Å². The number of fused-ring (bicyclic) bond motifs is 4. The minimum atomic E-state index is 0.407. The maximum atomic E-state index is 4.66. The average molecular weight is 290 g/mol. The van der Waals surface area contributed by atoms with Gasteiger partial charge in [-0.3, -0.25) is 0 Å². The maximum Gasteiger partial charge on any atom is 0.196 e. The molecule has 0 unspecified atom stereocenters. The first-order valence-corrected chi connectivity index (χ1v) is 6.96. The first-order chi connectivity index (χ1) is 10.9. The molecule has 0 amide bonds. The summed E-state index contributed by atoms with van der Waals surface area (Å²) in [6.07, 6.45) is 0. The molecule has 0 aliphatic carbocycles. The summed E-state index contributed by atoms with van der Waals surface area (Å²) in [6.45, 7) is 1.54.